The van der Waals surface area contributed by atoms with Crippen LogP contribution in [0.4, 0.5) is 5.69 Å². The number of nitrogens with one attached hydrogen (secondary N) is 1. The van der Waals surface area contributed by atoms with Gasteiger partial charge in [-0.15, -0.1) is 0 Å². The molecule has 0 fully saturated rings. The van der Waals surface area contributed by atoms with Gasteiger partial charge in [-0.2, -0.15) is 0 Å². The maximum atomic E-state index is 11.1. The molecule has 1 atom stereocenters. The number of ether oxygens (including phenoxy) is 1. The van der Waals surface area contributed by atoms with Crippen molar-refractivity contribution in [1.82, 2.24) is 9.55 Å². The molecular weight excluding hydrogens is 358 g/mol. The van der Waals surface area contributed by atoms with Crippen molar-refractivity contribution in [1.29, 1.82) is 0 Å². The smallest absolute Gasteiger partial charge is 0.221 e. The summed E-state index contributed by atoms with van der Waals surface area (Å²) in [7, 11) is 0. The van der Waals surface area contributed by atoms with Crippen molar-refractivity contribution in [2.45, 2.75) is 32.4 Å². The summed E-state index contributed by atoms with van der Waals surface area (Å²) < 4.78 is 7.66. The average Bonchev–Trinajstić information content (AvgIpc) is 3.03. The van der Waals surface area contributed by atoms with Gasteiger partial charge < -0.3 is 24.8 Å². The average molecular weight is 383 g/mol. The van der Waals surface area contributed by atoms with E-state index >= 15 is 0 Å². The lowest BCUT2D eigenvalue weighted by Crippen LogP contribution is -2.24. The Kier molecular flexibility index (Phi) is 6.62. The number of benzene rings is 2. The van der Waals surface area contributed by atoms with Crippen LogP contribution in [0.25, 0.3) is 11.0 Å². The number of anilines is 1. The highest BCUT2D eigenvalue weighted by molar-refractivity contribution is 5.88. The Morgan fingerprint density at radius 1 is 1.21 bits per heavy atom. The van der Waals surface area contributed by atoms with E-state index in [0.29, 0.717) is 30.8 Å². The number of carbonyl (C=O) groups is 1. The molecule has 3 rings (SSSR count). The number of aliphatic hydroxyl groups is 2. The molecular formula is C21H25N3O4. The molecule has 1 heterocycles. The molecule has 7 nitrogen and oxygen atoms in total. The second-order valence-electron chi connectivity index (χ2n) is 6.62. The molecule has 0 saturated heterocycles. The van der Waals surface area contributed by atoms with Crippen LogP contribution in [0.1, 0.15) is 19.2 Å². The highest BCUT2D eigenvalue weighted by atomic mass is 16.5. The molecule has 3 aromatic rings. The molecule has 0 bridgehead atoms. The number of para-hydroxylation sites is 2. The standard InChI is InChI=1S/C21H25N3O4/c1-15(26)22-16-8-10-18(11-9-16)28-14-17(27)13-24-20-6-3-2-5-19(20)23-21(24)7-4-12-25/h2-3,5-6,8-11,17,25,27H,4,7,12-14H2,1H3,(H,22,26). The predicted molar refractivity (Wildman–Crippen MR) is 107 cm³/mol. The molecule has 0 saturated carbocycles. The first-order valence-electron chi connectivity index (χ1n) is 9.30. The third-order valence-corrected chi connectivity index (χ3v) is 4.30. The van der Waals surface area contributed by atoms with Crippen molar-refractivity contribution in [3.05, 3.63) is 54.4 Å². The summed E-state index contributed by atoms with van der Waals surface area (Å²) in [5.74, 6) is 1.33. The van der Waals surface area contributed by atoms with Gasteiger partial charge in [-0.1, -0.05) is 12.1 Å². The van der Waals surface area contributed by atoms with Gasteiger partial charge in [0, 0.05) is 25.6 Å². The first kappa shape index (κ1) is 19.9. The van der Waals surface area contributed by atoms with E-state index < -0.39 is 6.10 Å². The van der Waals surface area contributed by atoms with E-state index in [0.717, 1.165) is 16.9 Å². The maximum absolute atomic E-state index is 11.1. The summed E-state index contributed by atoms with van der Waals surface area (Å²) in [6, 6.07) is 14.8. The SMILES string of the molecule is CC(=O)Nc1ccc(OCC(O)Cn2c(CCCO)nc3ccccc32)cc1. The zero-order valence-electron chi connectivity index (χ0n) is 15.8. The minimum absolute atomic E-state index is 0.101. The number of fused-ring (bicyclic) bond motifs is 1. The summed E-state index contributed by atoms with van der Waals surface area (Å²) in [6.07, 6.45) is 0.542. The number of hydrogen-bond donors (Lipinski definition) is 3. The Hall–Kier alpha value is -2.90. The van der Waals surface area contributed by atoms with Crippen LogP contribution >= 0.6 is 0 Å². The molecule has 148 valence electrons. The van der Waals surface area contributed by atoms with E-state index in [1.165, 1.54) is 6.92 Å². The molecule has 0 aliphatic heterocycles. The molecule has 0 aliphatic rings. The van der Waals surface area contributed by atoms with Crippen molar-refractivity contribution in [3.63, 3.8) is 0 Å². The lowest BCUT2D eigenvalue weighted by Gasteiger charge is -2.16. The predicted octanol–water partition coefficient (Wildman–Crippen LogP) is 2.36. The number of carbonyl (C=O) groups excluding carboxylic acids is 1. The Labute approximate surface area is 163 Å². The van der Waals surface area contributed by atoms with Gasteiger partial charge in [0.25, 0.3) is 0 Å². The molecule has 1 unspecified atom stereocenters. The highest BCUT2D eigenvalue weighted by Crippen LogP contribution is 2.19. The number of imidazole rings is 1. The lowest BCUT2D eigenvalue weighted by molar-refractivity contribution is -0.114. The summed E-state index contributed by atoms with van der Waals surface area (Å²) in [5.41, 5.74) is 2.52. The van der Waals surface area contributed by atoms with E-state index in [1.807, 2.05) is 28.8 Å². The van der Waals surface area contributed by atoms with Gasteiger partial charge in [-0.25, -0.2) is 4.98 Å². The summed E-state index contributed by atoms with van der Waals surface area (Å²) >= 11 is 0. The van der Waals surface area contributed by atoms with Gasteiger partial charge in [-0.3, -0.25) is 4.79 Å². The molecule has 3 N–H and O–H groups in total. The zero-order chi connectivity index (χ0) is 19.9. The number of aryl methyl sites for hydroxylation is 1. The molecule has 1 aromatic heterocycles. The number of nitrogens with zero attached hydrogens (tertiary/aromatic N) is 2. The van der Waals surface area contributed by atoms with Crippen molar-refractivity contribution in [2.75, 3.05) is 18.5 Å². The highest BCUT2D eigenvalue weighted by Gasteiger charge is 2.14. The van der Waals surface area contributed by atoms with Crippen LogP contribution in [-0.2, 0) is 17.8 Å². The monoisotopic (exact) mass is 383 g/mol. The number of amides is 1. The van der Waals surface area contributed by atoms with Crippen molar-refractivity contribution >= 4 is 22.6 Å². The number of aromatic nitrogens is 2. The van der Waals surface area contributed by atoms with E-state index in [2.05, 4.69) is 10.3 Å². The second kappa shape index (κ2) is 9.34. The fraction of sp³-hybridized carbons (Fsp3) is 0.333. The zero-order valence-corrected chi connectivity index (χ0v) is 15.8. The molecule has 2 aromatic carbocycles. The maximum Gasteiger partial charge on any atom is 0.221 e. The molecule has 28 heavy (non-hydrogen) atoms. The van der Waals surface area contributed by atoms with E-state index in [1.54, 1.807) is 24.3 Å². The van der Waals surface area contributed by atoms with E-state index in [-0.39, 0.29) is 19.1 Å². The Morgan fingerprint density at radius 2 is 1.96 bits per heavy atom. The van der Waals surface area contributed by atoms with Gasteiger partial charge in [0.2, 0.25) is 5.91 Å². The molecule has 7 heteroatoms. The van der Waals surface area contributed by atoms with Crippen molar-refractivity contribution in [2.24, 2.45) is 0 Å². The summed E-state index contributed by atoms with van der Waals surface area (Å²) in [4.78, 5) is 15.7. The lowest BCUT2D eigenvalue weighted by atomic mass is 10.2. The van der Waals surface area contributed by atoms with Gasteiger partial charge in [0.15, 0.2) is 0 Å². The molecule has 1 amide bonds. The minimum atomic E-state index is -0.722. The second-order valence-corrected chi connectivity index (χ2v) is 6.62. The van der Waals surface area contributed by atoms with E-state index in [4.69, 9.17) is 9.84 Å². The number of hydrogen-bond acceptors (Lipinski definition) is 5. The van der Waals surface area contributed by atoms with Gasteiger partial charge >= 0.3 is 0 Å². The van der Waals surface area contributed by atoms with Crippen LogP contribution in [0, 0.1) is 0 Å². The third kappa shape index (κ3) is 5.09. The third-order valence-electron chi connectivity index (χ3n) is 4.30. The first-order chi connectivity index (χ1) is 13.6. The quantitative estimate of drug-likeness (QED) is 0.527. The van der Waals surface area contributed by atoms with Crippen LogP contribution < -0.4 is 10.1 Å². The number of rotatable bonds is 9. The van der Waals surface area contributed by atoms with Crippen LogP contribution in [0.3, 0.4) is 0 Å². The summed E-state index contributed by atoms with van der Waals surface area (Å²) in [5, 5.41) is 22.3. The first-order valence-corrected chi connectivity index (χ1v) is 9.30. The van der Waals surface area contributed by atoms with Gasteiger partial charge in [0.05, 0.1) is 17.6 Å². The van der Waals surface area contributed by atoms with E-state index in [9.17, 15) is 9.90 Å². The van der Waals surface area contributed by atoms with Crippen LogP contribution in [0.5, 0.6) is 5.75 Å². The fourth-order valence-corrected chi connectivity index (χ4v) is 3.05. The summed E-state index contributed by atoms with van der Waals surface area (Å²) in [6.45, 7) is 2.04. The van der Waals surface area contributed by atoms with Crippen molar-refractivity contribution < 1.29 is 19.7 Å². The van der Waals surface area contributed by atoms with Crippen LogP contribution in [0.15, 0.2) is 48.5 Å². The largest absolute Gasteiger partial charge is 0.491 e. The van der Waals surface area contributed by atoms with Gasteiger partial charge in [-0.05, 0) is 42.8 Å². The van der Waals surface area contributed by atoms with Crippen molar-refractivity contribution in [3.8, 4) is 5.75 Å². The number of aliphatic hydroxyl groups excluding tert-OH is 2. The Bertz CT molecular complexity index is 921. The van der Waals surface area contributed by atoms with Crippen LogP contribution in [0.2, 0.25) is 0 Å². The molecule has 0 spiro atoms. The minimum Gasteiger partial charge on any atom is -0.491 e. The Morgan fingerprint density at radius 3 is 2.68 bits per heavy atom. The van der Waals surface area contributed by atoms with Crippen LogP contribution in [-0.4, -0.2) is 45.0 Å². The molecule has 0 aliphatic carbocycles. The normalized spacial score (nSPS) is 12.1. The fourth-order valence-electron chi connectivity index (χ4n) is 3.05. The Balaban J connectivity index is 1.64. The molecule has 0 radical (unpaired) electrons. The topological polar surface area (TPSA) is 96.6 Å². The van der Waals surface area contributed by atoms with Gasteiger partial charge in [0.1, 0.15) is 24.3 Å².